The van der Waals surface area contributed by atoms with E-state index >= 15 is 0 Å². The van der Waals surface area contributed by atoms with E-state index in [9.17, 15) is 9.59 Å². The third-order valence-electron chi connectivity index (χ3n) is 5.38. The van der Waals surface area contributed by atoms with E-state index in [1.807, 2.05) is 6.07 Å². The summed E-state index contributed by atoms with van der Waals surface area (Å²) < 4.78 is 0. The summed E-state index contributed by atoms with van der Waals surface area (Å²) in [6, 6.07) is 10.7. The maximum Gasteiger partial charge on any atom is 0.240 e. The van der Waals surface area contributed by atoms with Gasteiger partial charge in [0.25, 0.3) is 0 Å². The summed E-state index contributed by atoms with van der Waals surface area (Å²) >= 11 is 0. The summed E-state index contributed by atoms with van der Waals surface area (Å²) in [5, 5.41) is 7.16. The Morgan fingerprint density at radius 3 is 2.52 bits per heavy atom. The van der Waals surface area contributed by atoms with Crippen molar-refractivity contribution >= 4 is 17.5 Å². The van der Waals surface area contributed by atoms with E-state index in [0.717, 1.165) is 18.8 Å². The van der Waals surface area contributed by atoms with Crippen LogP contribution < -0.4 is 10.7 Å². The summed E-state index contributed by atoms with van der Waals surface area (Å²) in [5.74, 6) is -0.00305. The Bertz CT molecular complexity index is 651. The molecule has 0 aliphatic carbocycles. The predicted molar refractivity (Wildman–Crippen MR) is 106 cm³/mol. The number of rotatable bonds is 7. The Hall–Kier alpha value is -2.21. The average Bonchev–Trinajstić information content (AvgIpc) is 2.98. The number of likely N-dealkylation sites (tertiary alicyclic amines) is 1. The van der Waals surface area contributed by atoms with Crippen molar-refractivity contribution in [1.82, 2.24) is 15.6 Å². The molecule has 0 saturated carbocycles. The lowest BCUT2D eigenvalue weighted by molar-refractivity contribution is -0.121. The number of hydrogen-bond acceptors (Lipinski definition) is 4. The van der Waals surface area contributed by atoms with Gasteiger partial charge in [-0.15, -0.1) is 0 Å². The molecule has 3 rings (SSSR count). The first-order chi connectivity index (χ1) is 13.2. The van der Waals surface area contributed by atoms with Crippen LogP contribution in [0.25, 0.3) is 0 Å². The highest BCUT2D eigenvalue weighted by molar-refractivity contribution is 5.94. The molecule has 0 aromatic heterocycles. The first kappa shape index (κ1) is 19.5. The van der Waals surface area contributed by atoms with Gasteiger partial charge in [0.05, 0.1) is 6.04 Å². The van der Waals surface area contributed by atoms with Gasteiger partial charge in [0, 0.05) is 25.1 Å². The van der Waals surface area contributed by atoms with Crippen LogP contribution in [0.4, 0.5) is 0 Å². The molecule has 1 aromatic carbocycles. The molecule has 1 saturated heterocycles. The zero-order chi connectivity index (χ0) is 18.9. The molecule has 0 spiro atoms. The third kappa shape index (κ3) is 6.17. The molecule has 146 valence electrons. The molecule has 2 amide bonds. The van der Waals surface area contributed by atoms with E-state index in [-0.39, 0.29) is 17.9 Å². The van der Waals surface area contributed by atoms with Crippen LogP contribution in [-0.2, 0) is 9.59 Å². The van der Waals surface area contributed by atoms with Crippen molar-refractivity contribution in [3.63, 3.8) is 0 Å². The molecule has 1 unspecified atom stereocenters. The largest absolute Gasteiger partial charge is 0.354 e. The van der Waals surface area contributed by atoms with Crippen LogP contribution in [0.3, 0.4) is 0 Å². The van der Waals surface area contributed by atoms with Crippen LogP contribution in [0, 0.1) is 0 Å². The number of hydrogen-bond donors (Lipinski definition) is 2. The minimum atomic E-state index is -0.0497. The summed E-state index contributed by atoms with van der Waals surface area (Å²) in [7, 11) is 0. The molecule has 6 nitrogen and oxygen atoms in total. The molecule has 2 N–H and O–H groups in total. The molecule has 1 aromatic rings. The number of carbonyl (C=O) groups excluding carboxylic acids is 2. The maximum atomic E-state index is 12.4. The normalized spacial score (nSPS) is 19.6. The SMILES string of the molecule is O=C(CCC1=NNC(=O)CC1)NCC(c1ccccc1)N1CCCCCC1. The lowest BCUT2D eigenvalue weighted by atomic mass is 10.0. The standard InChI is InChI=1S/C21H30N4O2/c26-20(12-10-18-11-13-21(27)24-23-18)22-16-19(17-8-4-3-5-9-17)25-14-6-1-2-7-15-25/h3-5,8-9,19H,1-2,6-7,10-16H2,(H,22,26)(H,24,27). The number of benzene rings is 1. The fraction of sp³-hybridized carbons (Fsp3) is 0.571. The molecular weight excluding hydrogens is 340 g/mol. The zero-order valence-corrected chi connectivity index (χ0v) is 16.0. The fourth-order valence-electron chi connectivity index (χ4n) is 3.79. The summed E-state index contributed by atoms with van der Waals surface area (Å²) in [4.78, 5) is 26.0. The smallest absolute Gasteiger partial charge is 0.240 e. The number of carbonyl (C=O) groups is 2. The van der Waals surface area contributed by atoms with Gasteiger partial charge in [-0.1, -0.05) is 43.2 Å². The van der Waals surface area contributed by atoms with Crippen molar-refractivity contribution in [1.29, 1.82) is 0 Å². The molecule has 27 heavy (non-hydrogen) atoms. The first-order valence-electron chi connectivity index (χ1n) is 10.1. The average molecular weight is 370 g/mol. The highest BCUT2D eigenvalue weighted by Crippen LogP contribution is 2.23. The first-order valence-corrected chi connectivity index (χ1v) is 10.1. The van der Waals surface area contributed by atoms with E-state index in [0.29, 0.717) is 32.2 Å². The summed E-state index contributed by atoms with van der Waals surface area (Å²) in [5.41, 5.74) is 4.65. The molecule has 0 bridgehead atoms. The maximum absolute atomic E-state index is 12.4. The van der Waals surface area contributed by atoms with Gasteiger partial charge in [0.15, 0.2) is 0 Å². The van der Waals surface area contributed by atoms with Crippen molar-refractivity contribution in [2.75, 3.05) is 19.6 Å². The highest BCUT2D eigenvalue weighted by atomic mass is 16.2. The zero-order valence-electron chi connectivity index (χ0n) is 16.0. The quantitative estimate of drug-likeness (QED) is 0.775. The third-order valence-corrected chi connectivity index (χ3v) is 5.38. The van der Waals surface area contributed by atoms with Gasteiger partial charge < -0.3 is 5.32 Å². The van der Waals surface area contributed by atoms with Gasteiger partial charge in [-0.3, -0.25) is 14.5 Å². The lowest BCUT2D eigenvalue weighted by Crippen LogP contribution is -2.38. The molecule has 2 heterocycles. The molecule has 2 aliphatic heterocycles. The second-order valence-corrected chi connectivity index (χ2v) is 7.39. The lowest BCUT2D eigenvalue weighted by Gasteiger charge is -2.31. The van der Waals surface area contributed by atoms with Crippen molar-refractivity contribution in [3.05, 3.63) is 35.9 Å². The van der Waals surface area contributed by atoms with Crippen LogP contribution in [-0.4, -0.2) is 42.1 Å². The number of hydrazone groups is 1. The van der Waals surface area contributed by atoms with Gasteiger partial charge >= 0.3 is 0 Å². The van der Waals surface area contributed by atoms with E-state index in [2.05, 4.69) is 45.0 Å². The van der Waals surface area contributed by atoms with Crippen LogP contribution in [0.2, 0.25) is 0 Å². The second-order valence-electron chi connectivity index (χ2n) is 7.39. The van der Waals surface area contributed by atoms with E-state index in [4.69, 9.17) is 0 Å². The minimum absolute atomic E-state index is 0.0466. The van der Waals surface area contributed by atoms with Gasteiger partial charge in [-0.05, 0) is 44.3 Å². The fourth-order valence-corrected chi connectivity index (χ4v) is 3.79. The summed E-state index contributed by atoms with van der Waals surface area (Å²) in [6.07, 6.45) is 7.17. The Balaban J connectivity index is 1.54. The molecule has 1 atom stereocenters. The van der Waals surface area contributed by atoms with Crippen molar-refractivity contribution in [2.45, 2.75) is 57.4 Å². The Morgan fingerprint density at radius 2 is 1.85 bits per heavy atom. The van der Waals surface area contributed by atoms with Crippen molar-refractivity contribution in [3.8, 4) is 0 Å². The topological polar surface area (TPSA) is 73.8 Å². The van der Waals surface area contributed by atoms with Crippen LogP contribution in [0.5, 0.6) is 0 Å². The Morgan fingerprint density at radius 1 is 1.11 bits per heavy atom. The molecule has 2 aliphatic rings. The van der Waals surface area contributed by atoms with Gasteiger partial charge in [0.2, 0.25) is 11.8 Å². The van der Waals surface area contributed by atoms with Gasteiger partial charge in [-0.2, -0.15) is 5.10 Å². The Kier molecular flexibility index (Phi) is 7.39. The Labute approximate surface area is 161 Å². The number of nitrogens with one attached hydrogen (secondary N) is 2. The monoisotopic (exact) mass is 370 g/mol. The number of amides is 2. The highest BCUT2D eigenvalue weighted by Gasteiger charge is 2.22. The molecular formula is C21H30N4O2. The van der Waals surface area contributed by atoms with Gasteiger partial charge in [0.1, 0.15) is 0 Å². The van der Waals surface area contributed by atoms with E-state index < -0.39 is 0 Å². The van der Waals surface area contributed by atoms with Crippen LogP contribution >= 0.6 is 0 Å². The van der Waals surface area contributed by atoms with Gasteiger partial charge in [-0.25, -0.2) is 5.43 Å². The molecule has 0 radical (unpaired) electrons. The van der Waals surface area contributed by atoms with Crippen LogP contribution in [0.15, 0.2) is 35.4 Å². The van der Waals surface area contributed by atoms with Crippen molar-refractivity contribution in [2.24, 2.45) is 5.10 Å². The molecule has 1 fully saturated rings. The predicted octanol–water partition coefficient (Wildman–Crippen LogP) is 2.77. The minimum Gasteiger partial charge on any atom is -0.354 e. The van der Waals surface area contributed by atoms with E-state index in [1.54, 1.807) is 0 Å². The summed E-state index contributed by atoms with van der Waals surface area (Å²) in [6.45, 7) is 2.81. The van der Waals surface area contributed by atoms with Crippen molar-refractivity contribution < 1.29 is 9.59 Å². The second kappa shape index (κ2) is 10.2. The molecule has 6 heteroatoms. The van der Waals surface area contributed by atoms with Crippen LogP contribution in [0.1, 0.15) is 63.0 Å². The van der Waals surface area contributed by atoms with E-state index in [1.165, 1.54) is 31.2 Å². The number of nitrogens with zero attached hydrogens (tertiary/aromatic N) is 2.